The Bertz CT molecular complexity index is 932. The molecule has 0 bridgehead atoms. The average molecular weight is 353 g/mol. The van der Waals surface area contributed by atoms with Gasteiger partial charge in [-0.3, -0.25) is 9.78 Å². The monoisotopic (exact) mass is 353 g/mol. The molecule has 0 aromatic carbocycles. The zero-order valence-electron chi connectivity index (χ0n) is 14.6. The van der Waals surface area contributed by atoms with Crippen molar-refractivity contribution in [1.82, 2.24) is 29.5 Å². The van der Waals surface area contributed by atoms with Crippen LogP contribution < -0.4 is 10.1 Å². The van der Waals surface area contributed by atoms with Crippen molar-refractivity contribution in [3.63, 3.8) is 0 Å². The van der Waals surface area contributed by atoms with Crippen LogP contribution in [-0.4, -0.2) is 35.4 Å². The van der Waals surface area contributed by atoms with Gasteiger partial charge in [-0.1, -0.05) is 0 Å². The van der Waals surface area contributed by atoms with Crippen LogP contribution in [0.2, 0.25) is 0 Å². The first-order chi connectivity index (χ1) is 12.6. The molecule has 0 saturated heterocycles. The minimum Gasteiger partial charge on any atom is -0.436 e. The molecule has 0 fully saturated rings. The van der Waals surface area contributed by atoms with Crippen molar-refractivity contribution in [2.24, 2.45) is 7.05 Å². The van der Waals surface area contributed by atoms with Crippen LogP contribution in [0, 0.1) is 6.92 Å². The van der Waals surface area contributed by atoms with E-state index in [9.17, 15) is 4.79 Å². The molecule has 26 heavy (non-hydrogen) atoms. The zero-order valence-corrected chi connectivity index (χ0v) is 14.6. The van der Waals surface area contributed by atoms with Crippen molar-refractivity contribution in [3.8, 4) is 11.6 Å². The summed E-state index contributed by atoms with van der Waals surface area (Å²) in [5, 5.41) is 15.3. The van der Waals surface area contributed by atoms with Gasteiger partial charge in [-0.05, 0) is 31.9 Å². The summed E-state index contributed by atoms with van der Waals surface area (Å²) in [6.45, 7) is 1.83. The Morgan fingerprint density at radius 2 is 2.31 bits per heavy atom. The fourth-order valence-corrected chi connectivity index (χ4v) is 3.18. The number of hydrogen-bond donors (Lipinski definition) is 1. The Labute approximate surface area is 150 Å². The molecule has 3 aromatic heterocycles. The van der Waals surface area contributed by atoms with Gasteiger partial charge in [0.15, 0.2) is 0 Å². The highest BCUT2D eigenvalue weighted by atomic mass is 16.5. The van der Waals surface area contributed by atoms with Gasteiger partial charge in [-0.15, -0.1) is 10.2 Å². The molecule has 1 aliphatic heterocycles. The second kappa shape index (κ2) is 6.58. The van der Waals surface area contributed by atoms with Gasteiger partial charge in [0.25, 0.3) is 0 Å². The summed E-state index contributed by atoms with van der Waals surface area (Å²) >= 11 is 0. The molecule has 0 spiro atoms. The predicted molar refractivity (Wildman–Crippen MR) is 92.9 cm³/mol. The number of anilines is 1. The summed E-state index contributed by atoms with van der Waals surface area (Å²) in [6, 6.07) is 3.25. The number of hydrogen-bond acceptors (Lipinski definition) is 6. The summed E-state index contributed by atoms with van der Waals surface area (Å²) < 4.78 is 9.34. The Morgan fingerprint density at radius 1 is 1.42 bits per heavy atom. The van der Waals surface area contributed by atoms with E-state index in [2.05, 4.69) is 25.6 Å². The first-order valence-electron chi connectivity index (χ1n) is 8.44. The van der Waals surface area contributed by atoms with E-state index >= 15 is 0 Å². The van der Waals surface area contributed by atoms with Gasteiger partial charge in [0.2, 0.25) is 11.8 Å². The van der Waals surface area contributed by atoms with E-state index in [-0.39, 0.29) is 11.9 Å². The van der Waals surface area contributed by atoms with Crippen molar-refractivity contribution in [3.05, 3.63) is 42.4 Å². The molecular formula is C17H19N7O2. The third kappa shape index (κ3) is 2.92. The van der Waals surface area contributed by atoms with E-state index < -0.39 is 0 Å². The fraction of sp³-hybridized carbons (Fsp3) is 0.353. The van der Waals surface area contributed by atoms with E-state index in [1.807, 2.05) is 11.5 Å². The Morgan fingerprint density at radius 3 is 3.12 bits per heavy atom. The second-order valence-corrected chi connectivity index (χ2v) is 6.23. The van der Waals surface area contributed by atoms with E-state index in [0.29, 0.717) is 23.0 Å². The van der Waals surface area contributed by atoms with Gasteiger partial charge in [0.05, 0.1) is 11.9 Å². The first kappa shape index (κ1) is 16.2. The third-order valence-electron chi connectivity index (χ3n) is 4.43. The lowest BCUT2D eigenvalue weighted by molar-refractivity contribution is -0.119. The summed E-state index contributed by atoms with van der Waals surface area (Å²) in [5.41, 5.74) is 1.24. The number of fused-ring (bicyclic) bond motifs is 1. The van der Waals surface area contributed by atoms with E-state index in [1.54, 1.807) is 42.6 Å². The number of nitrogens with zero attached hydrogens (tertiary/aromatic N) is 6. The molecule has 3 aromatic rings. The minimum absolute atomic E-state index is 0.127. The number of pyridine rings is 1. The standard InChI is InChI=1S/C17H19N7O2/c1-11-15(17(23(2)22-11)26-12-5-4-8-18-9-12)20-16(25)13-6-3-7-14-21-19-10-24(13)14/h4-5,8-10,13H,3,6-7H2,1-2H3,(H,20,25). The predicted octanol–water partition coefficient (Wildman–Crippen LogP) is 2.02. The number of amides is 1. The van der Waals surface area contributed by atoms with Crippen LogP contribution in [0.3, 0.4) is 0 Å². The molecule has 4 heterocycles. The molecule has 134 valence electrons. The molecule has 1 N–H and O–H groups in total. The normalized spacial score (nSPS) is 16.2. The number of aryl methyl sites for hydroxylation is 3. The maximum absolute atomic E-state index is 12.9. The Balaban J connectivity index is 1.60. The van der Waals surface area contributed by atoms with E-state index in [4.69, 9.17) is 4.74 Å². The van der Waals surface area contributed by atoms with Crippen LogP contribution >= 0.6 is 0 Å². The van der Waals surface area contributed by atoms with Crippen molar-refractivity contribution >= 4 is 11.6 Å². The van der Waals surface area contributed by atoms with Crippen LogP contribution in [0.5, 0.6) is 11.6 Å². The SMILES string of the molecule is Cc1nn(C)c(Oc2cccnc2)c1NC(=O)C1CCCc2nncn21. The van der Waals surface area contributed by atoms with Crippen molar-refractivity contribution < 1.29 is 9.53 Å². The number of aromatic nitrogens is 6. The van der Waals surface area contributed by atoms with E-state index in [0.717, 1.165) is 25.1 Å². The van der Waals surface area contributed by atoms with Gasteiger partial charge < -0.3 is 14.6 Å². The molecule has 9 heteroatoms. The molecule has 0 aliphatic carbocycles. The van der Waals surface area contributed by atoms with Crippen molar-refractivity contribution in [1.29, 1.82) is 0 Å². The molecule has 4 rings (SSSR count). The maximum atomic E-state index is 12.9. The molecule has 0 saturated carbocycles. The molecule has 1 amide bonds. The molecule has 1 aliphatic rings. The quantitative estimate of drug-likeness (QED) is 0.770. The average Bonchev–Trinajstić information content (AvgIpc) is 3.22. The molecular weight excluding hydrogens is 334 g/mol. The number of nitrogens with one attached hydrogen (secondary N) is 1. The zero-order chi connectivity index (χ0) is 18.1. The van der Waals surface area contributed by atoms with E-state index in [1.165, 1.54) is 0 Å². The second-order valence-electron chi connectivity index (χ2n) is 6.23. The highest BCUT2D eigenvalue weighted by Gasteiger charge is 2.29. The van der Waals surface area contributed by atoms with Crippen molar-refractivity contribution in [2.45, 2.75) is 32.2 Å². The lowest BCUT2D eigenvalue weighted by Crippen LogP contribution is -2.29. The van der Waals surface area contributed by atoms with Crippen LogP contribution in [0.25, 0.3) is 0 Å². The van der Waals surface area contributed by atoms with Crippen molar-refractivity contribution in [2.75, 3.05) is 5.32 Å². The summed E-state index contributed by atoms with van der Waals surface area (Å²) in [6.07, 6.45) is 7.38. The smallest absolute Gasteiger partial charge is 0.247 e. The third-order valence-corrected chi connectivity index (χ3v) is 4.43. The molecule has 9 nitrogen and oxygen atoms in total. The Kier molecular flexibility index (Phi) is 4.11. The van der Waals surface area contributed by atoms with Gasteiger partial charge in [0.1, 0.15) is 29.6 Å². The minimum atomic E-state index is -0.334. The lowest BCUT2D eigenvalue weighted by Gasteiger charge is -2.23. The topological polar surface area (TPSA) is 99.8 Å². The first-order valence-corrected chi connectivity index (χ1v) is 8.44. The number of carbonyl (C=O) groups excluding carboxylic acids is 1. The maximum Gasteiger partial charge on any atom is 0.247 e. The van der Waals surface area contributed by atoms with Crippen LogP contribution in [0.15, 0.2) is 30.9 Å². The lowest BCUT2D eigenvalue weighted by atomic mass is 10.0. The summed E-state index contributed by atoms with van der Waals surface area (Å²) in [7, 11) is 1.77. The summed E-state index contributed by atoms with van der Waals surface area (Å²) in [5.74, 6) is 1.75. The highest BCUT2D eigenvalue weighted by Crippen LogP contribution is 2.33. The molecule has 1 atom stereocenters. The van der Waals surface area contributed by atoms with Gasteiger partial charge in [-0.25, -0.2) is 4.68 Å². The van der Waals surface area contributed by atoms with Crippen LogP contribution in [0.4, 0.5) is 5.69 Å². The molecule has 1 unspecified atom stereocenters. The number of ether oxygens (including phenoxy) is 1. The van der Waals surface area contributed by atoms with Gasteiger partial charge in [0, 0.05) is 19.7 Å². The molecule has 0 radical (unpaired) electrons. The summed E-state index contributed by atoms with van der Waals surface area (Å²) in [4.78, 5) is 16.9. The van der Waals surface area contributed by atoms with Crippen LogP contribution in [0.1, 0.15) is 30.4 Å². The largest absolute Gasteiger partial charge is 0.436 e. The van der Waals surface area contributed by atoms with Gasteiger partial charge in [-0.2, -0.15) is 5.10 Å². The Hall–Kier alpha value is -3.23. The highest BCUT2D eigenvalue weighted by molar-refractivity contribution is 5.95. The number of rotatable bonds is 4. The fourth-order valence-electron chi connectivity index (χ4n) is 3.18. The van der Waals surface area contributed by atoms with Gasteiger partial charge >= 0.3 is 0 Å². The van der Waals surface area contributed by atoms with Crippen LogP contribution in [-0.2, 0) is 18.3 Å². The number of carbonyl (C=O) groups is 1.